The topological polar surface area (TPSA) is 112 Å². The average Bonchev–Trinajstić information content (AvgIpc) is 2.90. The number of aliphatic hydroxyl groups is 1. The molecule has 0 aliphatic carbocycles. The fourth-order valence-electron chi connectivity index (χ4n) is 4.80. The van der Waals surface area contributed by atoms with Gasteiger partial charge < -0.3 is 20.2 Å². The molecule has 2 amide bonds. The van der Waals surface area contributed by atoms with Crippen LogP contribution in [-0.4, -0.2) is 75.6 Å². The van der Waals surface area contributed by atoms with Crippen molar-refractivity contribution in [1.82, 2.24) is 25.2 Å². The summed E-state index contributed by atoms with van der Waals surface area (Å²) in [6.07, 6.45) is 12.8. The summed E-state index contributed by atoms with van der Waals surface area (Å²) in [6, 6.07) is 7.31. The monoisotopic (exact) mass is 490 g/mol. The Morgan fingerprint density at radius 3 is 2.81 bits per heavy atom. The molecule has 2 N–H and O–H groups in total. The molecule has 4 heterocycles. The van der Waals surface area contributed by atoms with E-state index in [0.29, 0.717) is 38.0 Å². The van der Waals surface area contributed by atoms with Crippen LogP contribution in [0.3, 0.4) is 0 Å². The van der Waals surface area contributed by atoms with Gasteiger partial charge in [0.1, 0.15) is 0 Å². The number of likely N-dealkylation sites (N-methyl/N-ethyl adjacent to an activating group) is 1. The lowest BCUT2D eigenvalue weighted by molar-refractivity contribution is -0.133. The molecule has 1 atom stereocenters. The van der Waals surface area contributed by atoms with Crippen LogP contribution < -0.4 is 10.2 Å². The molecule has 1 aliphatic rings. The molecule has 9 heteroatoms. The fraction of sp³-hybridized carbons (Fsp3) is 0.444. The molecule has 3 aromatic rings. The molecular weight excluding hydrogens is 456 g/mol. The highest BCUT2D eigenvalue weighted by atomic mass is 16.3. The SMILES string of the molecule is CN(C[C@@]1(O)CCCN(c2ccnc3ccncc23)C1)C(=O)CCCCCNC(=O)c1cccnc1. The predicted molar refractivity (Wildman–Crippen MR) is 139 cm³/mol. The molecule has 4 rings (SSSR count). The number of nitrogens with zero attached hydrogens (tertiary/aromatic N) is 5. The highest BCUT2D eigenvalue weighted by Crippen LogP contribution is 2.31. The Labute approximate surface area is 211 Å². The van der Waals surface area contributed by atoms with Crippen LogP contribution in [0, 0.1) is 0 Å². The second-order valence-corrected chi connectivity index (χ2v) is 9.53. The summed E-state index contributed by atoms with van der Waals surface area (Å²) in [6.45, 7) is 2.15. The molecule has 0 radical (unpaired) electrons. The number of rotatable bonds is 10. The van der Waals surface area contributed by atoms with E-state index in [9.17, 15) is 14.7 Å². The van der Waals surface area contributed by atoms with Gasteiger partial charge in [0.25, 0.3) is 5.91 Å². The third kappa shape index (κ3) is 6.54. The minimum atomic E-state index is -0.975. The number of fused-ring (bicyclic) bond motifs is 1. The van der Waals surface area contributed by atoms with Gasteiger partial charge in [-0.05, 0) is 49.9 Å². The molecule has 0 unspecified atom stereocenters. The van der Waals surface area contributed by atoms with Gasteiger partial charge in [0.15, 0.2) is 0 Å². The van der Waals surface area contributed by atoms with Gasteiger partial charge in [0.05, 0.1) is 23.2 Å². The first-order chi connectivity index (χ1) is 17.5. The molecule has 0 aromatic carbocycles. The van der Waals surface area contributed by atoms with Crippen LogP contribution in [0.4, 0.5) is 5.69 Å². The summed E-state index contributed by atoms with van der Waals surface area (Å²) in [5, 5.41) is 15.2. The number of aromatic nitrogens is 3. The first kappa shape index (κ1) is 25.5. The maximum Gasteiger partial charge on any atom is 0.252 e. The molecule has 0 saturated carbocycles. The standard InChI is InChI=1S/C27H34N6O3/c1-32(25(34)8-3-2-4-13-31-26(35)21-7-5-12-28-17-21)19-27(36)11-6-16-33(20-27)24-10-15-30-23-9-14-29-18-22(23)24/h5,7,9-10,12,14-15,17-18,36H,2-4,6,8,11,13,16,19-20H2,1H3,(H,31,35)/t27-/m0/s1. The number of β-amino-alcohol motifs (C(OH)–C–C–N with tert-alkyl or cyclic N) is 1. The van der Waals surface area contributed by atoms with E-state index in [1.807, 2.05) is 18.3 Å². The van der Waals surface area contributed by atoms with Crippen molar-refractivity contribution in [2.24, 2.45) is 0 Å². The maximum atomic E-state index is 12.7. The third-order valence-corrected chi connectivity index (χ3v) is 6.65. The summed E-state index contributed by atoms with van der Waals surface area (Å²) in [5.41, 5.74) is 1.45. The highest BCUT2D eigenvalue weighted by molar-refractivity contribution is 5.93. The van der Waals surface area contributed by atoms with E-state index in [2.05, 4.69) is 25.2 Å². The lowest BCUT2D eigenvalue weighted by atomic mass is 9.91. The summed E-state index contributed by atoms with van der Waals surface area (Å²) < 4.78 is 0. The van der Waals surface area contributed by atoms with E-state index in [1.54, 1.807) is 48.9 Å². The van der Waals surface area contributed by atoms with E-state index in [0.717, 1.165) is 48.8 Å². The summed E-state index contributed by atoms with van der Waals surface area (Å²) in [7, 11) is 1.76. The minimum absolute atomic E-state index is 0.0264. The van der Waals surface area contributed by atoms with E-state index in [4.69, 9.17) is 0 Å². The zero-order valence-electron chi connectivity index (χ0n) is 20.8. The van der Waals surface area contributed by atoms with E-state index < -0.39 is 5.60 Å². The largest absolute Gasteiger partial charge is 0.386 e. The lowest BCUT2D eigenvalue weighted by Gasteiger charge is -2.42. The number of unbranched alkanes of at least 4 members (excludes halogenated alkanes) is 2. The van der Waals surface area contributed by atoms with Crippen molar-refractivity contribution in [3.63, 3.8) is 0 Å². The van der Waals surface area contributed by atoms with Gasteiger partial charge in [-0.25, -0.2) is 0 Å². The van der Waals surface area contributed by atoms with Gasteiger partial charge >= 0.3 is 0 Å². The first-order valence-corrected chi connectivity index (χ1v) is 12.5. The number of amides is 2. The Hall–Kier alpha value is -3.59. The van der Waals surface area contributed by atoms with Crippen molar-refractivity contribution in [1.29, 1.82) is 0 Å². The number of nitrogens with one attached hydrogen (secondary N) is 1. The van der Waals surface area contributed by atoms with Crippen molar-refractivity contribution in [3.05, 3.63) is 60.8 Å². The molecule has 1 aliphatic heterocycles. The Balaban J connectivity index is 1.21. The maximum absolute atomic E-state index is 12.7. The van der Waals surface area contributed by atoms with Crippen LogP contribution >= 0.6 is 0 Å². The van der Waals surface area contributed by atoms with Crippen LogP contribution in [-0.2, 0) is 4.79 Å². The Kier molecular flexibility index (Phi) is 8.43. The molecule has 1 fully saturated rings. The van der Waals surface area contributed by atoms with Gasteiger partial charge in [-0.1, -0.05) is 6.42 Å². The Bertz CT molecular complexity index is 1170. The Morgan fingerprint density at radius 2 is 1.97 bits per heavy atom. The number of carbonyl (C=O) groups is 2. The number of carbonyl (C=O) groups excluding carboxylic acids is 2. The van der Waals surface area contributed by atoms with Crippen LogP contribution in [0.5, 0.6) is 0 Å². The van der Waals surface area contributed by atoms with Crippen LogP contribution in [0.15, 0.2) is 55.2 Å². The molecule has 190 valence electrons. The second kappa shape index (κ2) is 11.9. The number of hydrogen-bond donors (Lipinski definition) is 2. The van der Waals surface area contributed by atoms with E-state index in [-0.39, 0.29) is 11.8 Å². The van der Waals surface area contributed by atoms with Crippen LogP contribution in [0.2, 0.25) is 0 Å². The van der Waals surface area contributed by atoms with Crippen LogP contribution in [0.1, 0.15) is 48.9 Å². The zero-order chi connectivity index (χ0) is 25.4. The van der Waals surface area contributed by atoms with E-state index in [1.165, 1.54) is 0 Å². The zero-order valence-corrected chi connectivity index (χ0v) is 20.8. The van der Waals surface area contributed by atoms with Crippen molar-refractivity contribution in [3.8, 4) is 0 Å². The highest BCUT2D eigenvalue weighted by Gasteiger charge is 2.35. The molecule has 9 nitrogen and oxygen atoms in total. The summed E-state index contributed by atoms with van der Waals surface area (Å²) in [5.74, 6) is -0.108. The lowest BCUT2D eigenvalue weighted by Crippen LogP contribution is -2.54. The number of hydrogen-bond acceptors (Lipinski definition) is 7. The number of pyridine rings is 3. The molecule has 0 bridgehead atoms. The number of piperidine rings is 1. The normalized spacial score (nSPS) is 17.7. The second-order valence-electron chi connectivity index (χ2n) is 9.53. The van der Waals surface area contributed by atoms with Gasteiger partial charge in [-0.3, -0.25) is 24.5 Å². The van der Waals surface area contributed by atoms with Crippen molar-refractivity contribution < 1.29 is 14.7 Å². The van der Waals surface area contributed by atoms with Crippen molar-refractivity contribution in [2.45, 2.75) is 44.1 Å². The molecule has 36 heavy (non-hydrogen) atoms. The molecule has 1 saturated heterocycles. The average molecular weight is 491 g/mol. The first-order valence-electron chi connectivity index (χ1n) is 12.5. The van der Waals surface area contributed by atoms with Crippen molar-refractivity contribution in [2.75, 3.05) is 38.1 Å². The van der Waals surface area contributed by atoms with Crippen LogP contribution in [0.25, 0.3) is 10.9 Å². The van der Waals surface area contributed by atoms with E-state index >= 15 is 0 Å². The fourth-order valence-corrected chi connectivity index (χ4v) is 4.80. The number of anilines is 1. The predicted octanol–water partition coefficient (Wildman–Crippen LogP) is 2.80. The quantitative estimate of drug-likeness (QED) is 0.420. The van der Waals surface area contributed by atoms with Gasteiger partial charge in [0, 0.05) is 75.2 Å². The summed E-state index contributed by atoms with van der Waals surface area (Å²) in [4.78, 5) is 41.2. The molecular formula is C27H34N6O3. The minimum Gasteiger partial charge on any atom is -0.386 e. The Morgan fingerprint density at radius 1 is 1.11 bits per heavy atom. The van der Waals surface area contributed by atoms with Gasteiger partial charge in [-0.2, -0.15) is 0 Å². The third-order valence-electron chi connectivity index (χ3n) is 6.65. The smallest absolute Gasteiger partial charge is 0.252 e. The van der Waals surface area contributed by atoms with Crippen molar-refractivity contribution >= 4 is 28.4 Å². The molecule has 0 spiro atoms. The van der Waals surface area contributed by atoms with Gasteiger partial charge in [-0.15, -0.1) is 0 Å². The summed E-state index contributed by atoms with van der Waals surface area (Å²) >= 11 is 0. The molecule has 3 aromatic heterocycles. The van der Waals surface area contributed by atoms with Gasteiger partial charge in [0.2, 0.25) is 5.91 Å².